The molecule has 32 heavy (non-hydrogen) atoms. The highest BCUT2D eigenvalue weighted by Gasteiger charge is 2.23. The molecule has 3 aromatic heterocycles. The predicted octanol–water partition coefficient (Wildman–Crippen LogP) is 4.72. The van der Waals surface area contributed by atoms with Crippen LogP contribution in [0.25, 0.3) is 10.2 Å². The van der Waals surface area contributed by atoms with Crippen molar-refractivity contribution in [2.24, 2.45) is 0 Å². The molecule has 3 aromatic rings. The van der Waals surface area contributed by atoms with E-state index in [2.05, 4.69) is 25.7 Å². The van der Waals surface area contributed by atoms with Crippen LogP contribution >= 0.6 is 48.6 Å². The van der Waals surface area contributed by atoms with Crippen LogP contribution in [-0.2, 0) is 6.54 Å². The molecule has 0 aromatic carbocycles. The zero-order valence-corrected chi connectivity index (χ0v) is 20.9. The van der Waals surface area contributed by atoms with Crippen molar-refractivity contribution in [1.82, 2.24) is 20.4 Å². The third kappa shape index (κ3) is 6.62. The van der Waals surface area contributed by atoms with E-state index in [-0.39, 0.29) is 43.3 Å². The van der Waals surface area contributed by atoms with Crippen LogP contribution in [0.1, 0.15) is 31.4 Å². The highest BCUT2D eigenvalue weighted by Crippen LogP contribution is 2.31. The summed E-state index contributed by atoms with van der Waals surface area (Å²) >= 11 is 1.69. The number of likely N-dealkylation sites (tertiary alicyclic amines) is 1. The number of fused-ring (bicyclic) bond motifs is 1. The van der Waals surface area contributed by atoms with Gasteiger partial charge in [-0.05, 0) is 54.9 Å². The summed E-state index contributed by atoms with van der Waals surface area (Å²) in [5.74, 6) is 2.40. The standard InChI is InChI=1S/C21H26N4O3S.3ClH/c1-2-15(22-7-1)14-26-20-12-17(28-24-20)13-25-9-4-16(5-10-25)27-19-3-8-23-18-6-11-29-21(18)19;;;/h3,6,8,11-12,15-16,22H,1-2,4-5,7,9-10,13-14H2;3*1H/t15-;;;/m0.../s1. The Bertz CT molecular complexity index is 943. The minimum atomic E-state index is 0. The van der Waals surface area contributed by atoms with Crippen LogP contribution in [0, 0.1) is 0 Å². The van der Waals surface area contributed by atoms with E-state index < -0.39 is 0 Å². The summed E-state index contributed by atoms with van der Waals surface area (Å²) in [5, 5.41) is 9.54. The Labute approximate surface area is 210 Å². The van der Waals surface area contributed by atoms with Crippen molar-refractivity contribution >= 4 is 58.8 Å². The summed E-state index contributed by atoms with van der Waals surface area (Å²) in [7, 11) is 0. The number of ether oxygens (including phenoxy) is 2. The average molecular weight is 524 g/mol. The molecule has 0 unspecified atom stereocenters. The van der Waals surface area contributed by atoms with Gasteiger partial charge in [-0.15, -0.1) is 48.6 Å². The summed E-state index contributed by atoms with van der Waals surface area (Å²) < 4.78 is 18.7. The Morgan fingerprint density at radius 3 is 2.78 bits per heavy atom. The van der Waals surface area contributed by atoms with E-state index in [0.29, 0.717) is 18.5 Å². The topological polar surface area (TPSA) is 72.7 Å². The minimum Gasteiger partial charge on any atom is -0.489 e. The van der Waals surface area contributed by atoms with Gasteiger partial charge in [-0.2, -0.15) is 0 Å². The van der Waals surface area contributed by atoms with Gasteiger partial charge in [0.15, 0.2) is 5.76 Å². The molecule has 5 rings (SSSR count). The van der Waals surface area contributed by atoms with E-state index >= 15 is 0 Å². The zero-order chi connectivity index (χ0) is 19.5. The molecule has 0 bridgehead atoms. The lowest BCUT2D eigenvalue weighted by Gasteiger charge is -2.31. The first-order valence-corrected chi connectivity index (χ1v) is 11.2. The fraction of sp³-hybridized carbons (Fsp3) is 0.524. The second kappa shape index (κ2) is 12.8. The third-order valence-electron chi connectivity index (χ3n) is 5.65. The van der Waals surface area contributed by atoms with Crippen LogP contribution < -0.4 is 14.8 Å². The molecule has 7 nitrogen and oxygen atoms in total. The van der Waals surface area contributed by atoms with Gasteiger partial charge in [-0.1, -0.05) is 0 Å². The Morgan fingerprint density at radius 2 is 2.00 bits per heavy atom. The second-order valence-corrected chi connectivity index (χ2v) is 8.69. The smallest absolute Gasteiger partial charge is 0.254 e. The number of rotatable bonds is 7. The Kier molecular flexibility index (Phi) is 10.8. The van der Waals surface area contributed by atoms with Crippen molar-refractivity contribution in [2.75, 3.05) is 26.2 Å². The van der Waals surface area contributed by atoms with Crippen LogP contribution in [0.2, 0.25) is 0 Å². The van der Waals surface area contributed by atoms with E-state index in [4.69, 9.17) is 14.0 Å². The molecule has 0 radical (unpaired) electrons. The highest BCUT2D eigenvalue weighted by atomic mass is 35.5. The number of hydrogen-bond donors (Lipinski definition) is 1. The fourth-order valence-electron chi connectivity index (χ4n) is 4.05. The van der Waals surface area contributed by atoms with Crippen molar-refractivity contribution in [3.05, 3.63) is 35.5 Å². The molecular weight excluding hydrogens is 495 g/mol. The van der Waals surface area contributed by atoms with Crippen molar-refractivity contribution < 1.29 is 14.0 Å². The van der Waals surface area contributed by atoms with E-state index in [1.807, 2.05) is 24.4 Å². The number of halogens is 3. The van der Waals surface area contributed by atoms with Gasteiger partial charge in [-0.3, -0.25) is 9.88 Å². The van der Waals surface area contributed by atoms with E-state index in [0.717, 1.165) is 60.7 Å². The minimum absolute atomic E-state index is 0. The monoisotopic (exact) mass is 522 g/mol. The number of piperidine rings is 1. The third-order valence-corrected chi connectivity index (χ3v) is 6.57. The largest absolute Gasteiger partial charge is 0.489 e. The van der Waals surface area contributed by atoms with Crippen molar-refractivity contribution in [3.63, 3.8) is 0 Å². The molecule has 0 aliphatic carbocycles. The maximum absolute atomic E-state index is 6.29. The molecule has 2 saturated heterocycles. The molecular formula is C21H29Cl3N4O3S. The SMILES string of the molecule is Cl.Cl.Cl.c1cc(OC2CCN(Cc3cc(OC[C@@H]4CCCN4)no3)CC2)c2sccc2n1. The molecule has 5 heterocycles. The molecule has 2 aliphatic heterocycles. The van der Waals surface area contributed by atoms with Crippen molar-refractivity contribution in [1.29, 1.82) is 0 Å². The molecule has 2 aliphatic rings. The summed E-state index contributed by atoms with van der Waals surface area (Å²) in [5.41, 5.74) is 1.01. The zero-order valence-electron chi connectivity index (χ0n) is 17.6. The molecule has 1 N–H and O–H groups in total. The van der Waals surface area contributed by atoms with Crippen LogP contribution in [0.5, 0.6) is 11.6 Å². The molecule has 0 amide bonds. The van der Waals surface area contributed by atoms with Gasteiger partial charge in [0.1, 0.15) is 18.5 Å². The van der Waals surface area contributed by atoms with Crippen LogP contribution in [0.15, 0.2) is 34.3 Å². The lowest BCUT2D eigenvalue weighted by Crippen LogP contribution is -2.37. The number of aromatic nitrogens is 2. The van der Waals surface area contributed by atoms with Gasteiger partial charge in [0.05, 0.1) is 16.8 Å². The molecule has 0 saturated carbocycles. The fourth-order valence-corrected chi connectivity index (χ4v) is 4.86. The first-order valence-electron chi connectivity index (χ1n) is 10.4. The number of thiophene rings is 1. The van der Waals surface area contributed by atoms with E-state index in [1.54, 1.807) is 11.3 Å². The van der Waals surface area contributed by atoms with Gasteiger partial charge in [0.2, 0.25) is 0 Å². The maximum Gasteiger partial charge on any atom is 0.254 e. The predicted molar refractivity (Wildman–Crippen MR) is 133 cm³/mol. The van der Waals surface area contributed by atoms with Crippen LogP contribution in [0.4, 0.5) is 0 Å². The first-order chi connectivity index (χ1) is 14.3. The van der Waals surface area contributed by atoms with Crippen LogP contribution in [-0.4, -0.2) is 53.4 Å². The van der Waals surface area contributed by atoms with Crippen molar-refractivity contribution in [2.45, 2.75) is 44.4 Å². The molecule has 0 spiro atoms. The quantitative estimate of drug-likeness (QED) is 0.480. The number of pyridine rings is 1. The summed E-state index contributed by atoms with van der Waals surface area (Å²) in [6.45, 7) is 4.45. The normalized spacial score (nSPS) is 19.1. The summed E-state index contributed by atoms with van der Waals surface area (Å²) in [6.07, 6.45) is 6.45. The van der Waals surface area contributed by atoms with Gasteiger partial charge < -0.3 is 19.3 Å². The van der Waals surface area contributed by atoms with Gasteiger partial charge >= 0.3 is 0 Å². The Morgan fingerprint density at radius 1 is 1.16 bits per heavy atom. The Hall–Kier alpha value is -1.29. The highest BCUT2D eigenvalue weighted by molar-refractivity contribution is 7.17. The van der Waals surface area contributed by atoms with E-state index in [9.17, 15) is 0 Å². The molecule has 1 atom stereocenters. The van der Waals surface area contributed by atoms with Crippen LogP contribution in [0.3, 0.4) is 0 Å². The lowest BCUT2D eigenvalue weighted by atomic mass is 10.1. The molecule has 178 valence electrons. The lowest BCUT2D eigenvalue weighted by molar-refractivity contribution is 0.0925. The molecule has 11 heteroatoms. The summed E-state index contributed by atoms with van der Waals surface area (Å²) in [4.78, 5) is 6.77. The average Bonchev–Trinajstić information content (AvgIpc) is 3.50. The van der Waals surface area contributed by atoms with Gasteiger partial charge in [-0.25, -0.2) is 0 Å². The molecule has 2 fully saturated rings. The first kappa shape index (κ1) is 27.0. The number of nitrogens with one attached hydrogen (secondary N) is 1. The Balaban J connectivity index is 0.00000121. The maximum atomic E-state index is 6.29. The number of hydrogen-bond acceptors (Lipinski definition) is 8. The second-order valence-electron chi connectivity index (χ2n) is 7.77. The number of nitrogens with zero attached hydrogens (tertiary/aromatic N) is 3. The van der Waals surface area contributed by atoms with Crippen molar-refractivity contribution in [3.8, 4) is 11.6 Å². The van der Waals surface area contributed by atoms with Gasteiger partial charge in [0.25, 0.3) is 5.88 Å². The van der Waals surface area contributed by atoms with Gasteiger partial charge in [0, 0.05) is 31.4 Å². The summed E-state index contributed by atoms with van der Waals surface area (Å²) in [6, 6.07) is 6.37. The van der Waals surface area contributed by atoms with E-state index in [1.165, 1.54) is 12.8 Å².